The smallest absolute Gasteiger partial charge is 0.282 e. The Kier molecular flexibility index (Phi) is 2.41. The molecule has 0 aromatic heterocycles. The van der Waals surface area contributed by atoms with Gasteiger partial charge < -0.3 is 0 Å². The minimum absolute atomic E-state index is 0.226. The maximum absolute atomic E-state index is 11.2. The Labute approximate surface area is 91.1 Å². The van der Waals surface area contributed by atoms with Crippen LogP contribution in [0.4, 0.5) is 0 Å². The second-order valence-corrected chi connectivity index (χ2v) is 4.48. The molecule has 1 aliphatic rings. The maximum atomic E-state index is 11.2. The summed E-state index contributed by atoms with van der Waals surface area (Å²) in [5.74, 6) is -0.473. The van der Waals surface area contributed by atoms with E-state index in [4.69, 9.17) is 4.55 Å². The molecule has 0 spiro atoms. The van der Waals surface area contributed by atoms with Crippen LogP contribution < -0.4 is 0 Å². The van der Waals surface area contributed by atoms with Gasteiger partial charge in [-0.15, -0.1) is 5.11 Å². The molecular formula is C9H6N2O4S. The Bertz CT molecular complexity index is 599. The van der Waals surface area contributed by atoms with Gasteiger partial charge in [0.05, 0.1) is 16.7 Å². The third kappa shape index (κ3) is 1.90. The fraction of sp³-hybridized carbons (Fsp3) is 0. The molecule has 2 rings (SSSR count). The zero-order chi connectivity index (χ0) is 11.8. The molecule has 0 unspecified atom stereocenters. The van der Waals surface area contributed by atoms with Crippen molar-refractivity contribution in [2.75, 3.05) is 0 Å². The summed E-state index contributed by atoms with van der Waals surface area (Å²) in [6.45, 7) is 0. The molecule has 1 aromatic carbocycles. The van der Waals surface area contributed by atoms with Crippen molar-refractivity contribution < 1.29 is 17.8 Å². The summed E-state index contributed by atoms with van der Waals surface area (Å²) in [5.41, 5.74) is 0.796. The van der Waals surface area contributed by atoms with Crippen LogP contribution in [0.5, 0.6) is 0 Å². The predicted molar refractivity (Wildman–Crippen MR) is 54.1 cm³/mol. The van der Waals surface area contributed by atoms with Gasteiger partial charge in [0.25, 0.3) is 16.0 Å². The lowest BCUT2D eigenvalue weighted by molar-refractivity contribution is -0.112. The minimum Gasteiger partial charge on any atom is -0.282 e. The maximum Gasteiger partial charge on any atom is 0.297 e. The zero-order valence-electron chi connectivity index (χ0n) is 7.86. The highest BCUT2D eigenvalue weighted by Gasteiger charge is 2.16. The van der Waals surface area contributed by atoms with Crippen molar-refractivity contribution in [2.24, 2.45) is 10.2 Å². The van der Waals surface area contributed by atoms with E-state index in [2.05, 4.69) is 10.2 Å². The van der Waals surface area contributed by atoms with E-state index in [0.717, 1.165) is 0 Å². The highest BCUT2D eigenvalue weighted by atomic mass is 32.2. The molecule has 1 N–H and O–H groups in total. The molecule has 0 saturated heterocycles. The molecule has 7 heteroatoms. The number of hydrogen-bond acceptors (Lipinski definition) is 4. The average Bonchev–Trinajstić information content (AvgIpc) is 2.63. The first kappa shape index (κ1) is 10.7. The fourth-order valence-electron chi connectivity index (χ4n) is 1.25. The monoisotopic (exact) mass is 238 g/mol. The van der Waals surface area contributed by atoms with Gasteiger partial charge in [-0.25, -0.2) is 0 Å². The topological polar surface area (TPSA) is 96.2 Å². The Morgan fingerprint density at radius 1 is 1.12 bits per heavy atom. The van der Waals surface area contributed by atoms with Gasteiger partial charge in [-0.2, -0.15) is 13.5 Å². The van der Waals surface area contributed by atoms with E-state index >= 15 is 0 Å². The molecule has 82 valence electrons. The van der Waals surface area contributed by atoms with Gasteiger partial charge in [0.15, 0.2) is 0 Å². The predicted octanol–water partition coefficient (Wildman–Crippen LogP) is 1.27. The van der Waals surface area contributed by atoms with E-state index in [1.165, 1.54) is 30.5 Å². The van der Waals surface area contributed by atoms with Crippen molar-refractivity contribution >= 4 is 21.6 Å². The van der Waals surface area contributed by atoms with Gasteiger partial charge in [0, 0.05) is 0 Å². The first-order valence-corrected chi connectivity index (χ1v) is 5.66. The molecule has 1 aliphatic heterocycles. The van der Waals surface area contributed by atoms with Gasteiger partial charge in [-0.05, 0) is 17.7 Å². The van der Waals surface area contributed by atoms with E-state index in [9.17, 15) is 13.2 Å². The normalized spacial score (nSPS) is 15.3. The number of carbonyl (C=O) groups excluding carboxylic acids is 1. The zero-order valence-corrected chi connectivity index (χ0v) is 8.68. The van der Waals surface area contributed by atoms with E-state index in [1.54, 1.807) is 0 Å². The molecule has 16 heavy (non-hydrogen) atoms. The highest BCUT2D eigenvalue weighted by Crippen LogP contribution is 2.21. The third-order valence-electron chi connectivity index (χ3n) is 2.03. The molecule has 0 saturated carbocycles. The summed E-state index contributed by atoms with van der Waals surface area (Å²) in [6.07, 6.45) is 1.30. The van der Waals surface area contributed by atoms with E-state index in [0.29, 0.717) is 11.1 Å². The molecule has 1 heterocycles. The summed E-state index contributed by atoms with van der Waals surface area (Å²) < 4.78 is 30.3. The first-order chi connectivity index (χ1) is 7.48. The second kappa shape index (κ2) is 3.62. The quantitative estimate of drug-likeness (QED) is 0.784. The molecule has 0 radical (unpaired) electrons. The van der Waals surface area contributed by atoms with Crippen LogP contribution in [0.2, 0.25) is 0 Å². The highest BCUT2D eigenvalue weighted by molar-refractivity contribution is 7.85. The molecule has 0 fully saturated rings. The van der Waals surface area contributed by atoms with Crippen LogP contribution >= 0.6 is 0 Å². The number of nitrogens with zero attached hydrogens (tertiary/aromatic N) is 2. The van der Waals surface area contributed by atoms with Crippen molar-refractivity contribution in [2.45, 2.75) is 4.90 Å². The van der Waals surface area contributed by atoms with Crippen LogP contribution in [-0.2, 0) is 14.9 Å². The molecule has 6 nitrogen and oxygen atoms in total. The Balaban J connectivity index is 2.38. The molecule has 0 aliphatic carbocycles. The van der Waals surface area contributed by atoms with Gasteiger partial charge in [0.2, 0.25) is 0 Å². The van der Waals surface area contributed by atoms with Crippen molar-refractivity contribution in [3.63, 3.8) is 0 Å². The number of rotatable bonds is 2. The van der Waals surface area contributed by atoms with Crippen molar-refractivity contribution in [3.8, 4) is 0 Å². The van der Waals surface area contributed by atoms with Gasteiger partial charge in [-0.3, -0.25) is 9.35 Å². The van der Waals surface area contributed by atoms with Crippen LogP contribution in [-0.4, -0.2) is 18.9 Å². The number of amides is 1. The number of hydrogen-bond donors (Lipinski definition) is 1. The molecular weight excluding hydrogens is 232 g/mol. The summed E-state index contributed by atoms with van der Waals surface area (Å²) in [7, 11) is -4.21. The number of azo groups is 1. The fourth-order valence-corrected chi connectivity index (χ4v) is 1.73. The van der Waals surface area contributed by atoms with E-state index in [-0.39, 0.29) is 4.90 Å². The van der Waals surface area contributed by atoms with Crippen molar-refractivity contribution in [3.05, 3.63) is 36.0 Å². The summed E-state index contributed by atoms with van der Waals surface area (Å²) in [6, 6.07) is 5.22. The lowest BCUT2D eigenvalue weighted by Crippen LogP contribution is -1.99. The largest absolute Gasteiger partial charge is 0.297 e. The van der Waals surface area contributed by atoms with Crippen LogP contribution in [0.1, 0.15) is 5.56 Å². The van der Waals surface area contributed by atoms with Gasteiger partial charge in [0.1, 0.15) is 0 Å². The first-order valence-electron chi connectivity index (χ1n) is 4.22. The summed E-state index contributed by atoms with van der Waals surface area (Å²) in [4.78, 5) is 10.9. The minimum atomic E-state index is -4.21. The summed E-state index contributed by atoms with van der Waals surface area (Å²) >= 11 is 0. The van der Waals surface area contributed by atoms with Gasteiger partial charge in [-0.1, -0.05) is 12.1 Å². The van der Waals surface area contributed by atoms with E-state index < -0.39 is 16.0 Å². The molecule has 0 bridgehead atoms. The third-order valence-corrected chi connectivity index (χ3v) is 2.90. The Morgan fingerprint density at radius 2 is 1.75 bits per heavy atom. The van der Waals surface area contributed by atoms with Crippen LogP contribution in [0, 0.1) is 0 Å². The van der Waals surface area contributed by atoms with Crippen molar-refractivity contribution in [1.82, 2.24) is 0 Å². The number of benzene rings is 1. The van der Waals surface area contributed by atoms with Crippen molar-refractivity contribution in [1.29, 1.82) is 0 Å². The van der Waals surface area contributed by atoms with Crippen LogP contribution in [0.3, 0.4) is 0 Å². The summed E-state index contributed by atoms with van der Waals surface area (Å²) in [5, 5.41) is 6.73. The van der Waals surface area contributed by atoms with Crippen LogP contribution in [0.15, 0.2) is 45.6 Å². The second-order valence-electron chi connectivity index (χ2n) is 3.06. The number of carbonyl (C=O) groups is 1. The average molecular weight is 238 g/mol. The van der Waals surface area contributed by atoms with Crippen LogP contribution in [0.25, 0.3) is 5.57 Å². The molecule has 1 amide bonds. The lowest BCUT2D eigenvalue weighted by Gasteiger charge is -2.00. The molecule has 0 atom stereocenters. The Hall–Kier alpha value is -1.86. The molecule has 1 aromatic rings. The van der Waals surface area contributed by atoms with Gasteiger partial charge >= 0.3 is 0 Å². The lowest BCUT2D eigenvalue weighted by atomic mass is 10.1. The Morgan fingerprint density at radius 3 is 2.19 bits per heavy atom. The van der Waals surface area contributed by atoms with E-state index in [1.807, 2.05) is 0 Å². The SMILES string of the molecule is O=C1N=NC=C1c1ccc(S(=O)(=O)O)cc1. The standard InChI is InChI=1S/C9H6N2O4S/c12-9-8(5-10-11-9)6-1-3-7(4-2-6)16(13,14)15/h1-5H,(H,13,14,15).